The quantitative estimate of drug-likeness (QED) is 0.397. The lowest BCUT2D eigenvalue weighted by Gasteiger charge is -2.07. The monoisotopic (exact) mass is 383 g/mol. The van der Waals surface area contributed by atoms with Gasteiger partial charge in [0.15, 0.2) is 4.96 Å². The average molecular weight is 383 g/mol. The van der Waals surface area contributed by atoms with E-state index in [9.17, 15) is 9.59 Å². The fourth-order valence-corrected chi connectivity index (χ4v) is 4.21. The number of thiazole rings is 1. The molecule has 3 aromatic heterocycles. The second kappa shape index (κ2) is 6.89. The van der Waals surface area contributed by atoms with Crippen LogP contribution in [0.1, 0.15) is 16.1 Å². The molecular formula is C18H13N3O3S2. The molecule has 0 unspecified atom stereocenters. The van der Waals surface area contributed by atoms with E-state index in [2.05, 4.69) is 9.97 Å². The number of nitrogens with zero attached hydrogens (tertiary/aromatic N) is 3. The van der Waals surface area contributed by atoms with Crippen LogP contribution in [0.3, 0.4) is 0 Å². The molecule has 26 heavy (non-hydrogen) atoms. The van der Waals surface area contributed by atoms with Gasteiger partial charge in [-0.15, -0.1) is 11.8 Å². The highest BCUT2D eigenvalue weighted by molar-refractivity contribution is 7.98. The van der Waals surface area contributed by atoms with Crippen molar-refractivity contribution in [3.63, 3.8) is 0 Å². The topological polar surface area (TPSA) is 73.6 Å². The smallest absolute Gasteiger partial charge is 0.341 e. The van der Waals surface area contributed by atoms with Crippen LogP contribution in [0.5, 0.6) is 0 Å². The van der Waals surface area contributed by atoms with Crippen LogP contribution in [-0.2, 0) is 11.3 Å². The van der Waals surface area contributed by atoms with Crippen LogP contribution in [0.25, 0.3) is 15.2 Å². The van der Waals surface area contributed by atoms with Crippen LogP contribution in [0.15, 0.2) is 58.5 Å². The van der Waals surface area contributed by atoms with Gasteiger partial charge in [-0.1, -0.05) is 23.5 Å². The van der Waals surface area contributed by atoms with Crippen LogP contribution in [0.4, 0.5) is 0 Å². The Bertz CT molecular complexity index is 1180. The molecule has 0 atom stereocenters. The third-order valence-corrected chi connectivity index (χ3v) is 5.52. The first kappa shape index (κ1) is 16.7. The van der Waals surface area contributed by atoms with Gasteiger partial charge in [0.1, 0.15) is 11.6 Å². The van der Waals surface area contributed by atoms with Gasteiger partial charge in [0.25, 0.3) is 5.56 Å². The molecule has 0 aliphatic heterocycles. The standard InChI is InChI=1S/C18H13N3O3S2/c1-25-16-12(5-4-8-19-16)17(23)24-10-11-9-15(22)21-13-6-2-3-7-14(13)26-18(21)20-11/h2-9H,10H2,1H3. The summed E-state index contributed by atoms with van der Waals surface area (Å²) in [5.74, 6) is -0.485. The van der Waals surface area contributed by atoms with E-state index >= 15 is 0 Å². The van der Waals surface area contributed by atoms with Crippen molar-refractivity contribution in [2.45, 2.75) is 11.6 Å². The number of ether oxygens (including phenoxy) is 1. The number of fused-ring (bicyclic) bond motifs is 3. The Labute approximate surface area is 156 Å². The number of hydrogen-bond acceptors (Lipinski definition) is 7. The summed E-state index contributed by atoms with van der Waals surface area (Å²) < 4.78 is 7.88. The molecule has 4 aromatic rings. The Morgan fingerprint density at radius 2 is 2.12 bits per heavy atom. The molecule has 0 N–H and O–H groups in total. The molecule has 0 amide bonds. The lowest BCUT2D eigenvalue weighted by atomic mass is 10.3. The van der Waals surface area contributed by atoms with Crippen molar-refractivity contribution in [3.05, 3.63) is 70.3 Å². The van der Waals surface area contributed by atoms with Gasteiger partial charge >= 0.3 is 5.97 Å². The lowest BCUT2D eigenvalue weighted by molar-refractivity contribution is 0.0462. The predicted molar refractivity (Wildman–Crippen MR) is 102 cm³/mol. The fourth-order valence-electron chi connectivity index (χ4n) is 2.62. The second-order valence-corrected chi connectivity index (χ2v) is 7.21. The maximum absolute atomic E-state index is 12.5. The lowest BCUT2D eigenvalue weighted by Crippen LogP contribution is -2.15. The van der Waals surface area contributed by atoms with Crippen molar-refractivity contribution >= 4 is 44.2 Å². The third-order valence-electron chi connectivity index (χ3n) is 3.78. The van der Waals surface area contributed by atoms with Crippen molar-refractivity contribution in [2.75, 3.05) is 6.26 Å². The molecule has 4 rings (SSSR count). The zero-order valence-electron chi connectivity index (χ0n) is 13.7. The Morgan fingerprint density at radius 1 is 1.27 bits per heavy atom. The van der Waals surface area contributed by atoms with Crippen LogP contribution in [0.2, 0.25) is 0 Å². The van der Waals surface area contributed by atoms with Crippen molar-refractivity contribution in [1.82, 2.24) is 14.4 Å². The summed E-state index contributed by atoms with van der Waals surface area (Å²) in [5, 5.41) is 0.602. The first-order valence-electron chi connectivity index (χ1n) is 7.74. The van der Waals surface area contributed by atoms with E-state index < -0.39 is 5.97 Å². The molecule has 3 heterocycles. The van der Waals surface area contributed by atoms with E-state index in [1.165, 1.54) is 29.2 Å². The van der Waals surface area contributed by atoms with Crippen LogP contribution in [-0.4, -0.2) is 26.6 Å². The molecule has 8 heteroatoms. The van der Waals surface area contributed by atoms with E-state index in [0.29, 0.717) is 21.2 Å². The highest BCUT2D eigenvalue weighted by atomic mass is 32.2. The Hall–Kier alpha value is -2.71. The summed E-state index contributed by atoms with van der Waals surface area (Å²) in [4.78, 5) is 34.0. The average Bonchev–Trinajstić information content (AvgIpc) is 3.05. The number of carbonyl (C=O) groups is 1. The Kier molecular flexibility index (Phi) is 4.44. The molecule has 0 fully saturated rings. The summed E-state index contributed by atoms with van der Waals surface area (Å²) in [6, 6.07) is 12.4. The molecule has 130 valence electrons. The van der Waals surface area contributed by atoms with Gasteiger partial charge in [-0.05, 0) is 30.5 Å². The molecule has 0 spiro atoms. The molecule has 0 aliphatic rings. The second-order valence-electron chi connectivity index (χ2n) is 5.41. The number of esters is 1. The minimum atomic E-state index is -0.485. The number of aromatic nitrogens is 3. The van der Waals surface area contributed by atoms with E-state index in [1.807, 2.05) is 30.5 Å². The van der Waals surface area contributed by atoms with Gasteiger partial charge in [-0.3, -0.25) is 9.20 Å². The fraction of sp³-hybridized carbons (Fsp3) is 0.111. The van der Waals surface area contributed by atoms with Gasteiger partial charge in [-0.25, -0.2) is 14.8 Å². The van der Waals surface area contributed by atoms with Gasteiger partial charge in [0.05, 0.1) is 21.5 Å². The highest BCUT2D eigenvalue weighted by Crippen LogP contribution is 2.23. The van der Waals surface area contributed by atoms with Gasteiger partial charge in [-0.2, -0.15) is 0 Å². The molecule has 6 nitrogen and oxygen atoms in total. The summed E-state index contributed by atoms with van der Waals surface area (Å²) in [6.07, 6.45) is 3.47. The van der Waals surface area contributed by atoms with Gasteiger partial charge in [0, 0.05) is 12.3 Å². The highest BCUT2D eigenvalue weighted by Gasteiger charge is 2.15. The third kappa shape index (κ3) is 2.97. The van der Waals surface area contributed by atoms with E-state index in [0.717, 1.165) is 10.2 Å². The number of carbonyl (C=O) groups excluding carboxylic acids is 1. The Morgan fingerprint density at radius 3 is 2.96 bits per heavy atom. The number of hydrogen-bond donors (Lipinski definition) is 0. The van der Waals surface area contributed by atoms with Gasteiger partial charge < -0.3 is 4.74 Å². The molecule has 0 radical (unpaired) electrons. The zero-order chi connectivity index (χ0) is 18.1. The van der Waals surface area contributed by atoms with Crippen LogP contribution in [0, 0.1) is 0 Å². The Balaban J connectivity index is 1.63. The molecule has 0 aliphatic carbocycles. The minimum Gasteiger partial charge on any atom is -0.456 e. The molecule has 0 saturated carbocycles. The largest absolute Gasteiger partial charge is 0.456 e. The zero-order valence-corrected chi connectivity index (χ0v) is 15.3. The minimum absolute atomic E-state index is 0.0679. The number of rotatable bonds is 4. The first-order valence-corrected chi connectivity index (χ1v) is 9.78. The summed E-state index contributed by atoms with van der Waals surface area (Å²) in [7, 11) is 0. The number of pyridine rings is 1. The van der Waals surface area contributed by atoms with E-state index in [-0.39, 0.29) is 12.2 Å². The predicted octanol–water partition coefficient (Wildman–Crippen LogP) is 3.38. The van der Waals surface area contributed by atoms with Crippen molar-refractivity contribution in [2.24, 2.45) is 0 Å². The van der Waals surface area contributed by atoms with E-state index in [4.69, 9.17) is 4.74 Å². The van der Waals surface area contributed by atoms with Crippen molar-refractivity contribution in [1.29, 1.82) is 0 Å². The molecule has 0 bridgehead atoms. The van der Waals surface area contributed by atoms with Crippen LogP contribution < -0.4 is 5.56 Å². The first-order chi connectivity index (χ1) is 12.7. The van der Waals surface area contributed by atoms with E-state index in [1.54, 1.807) is 22.7 Å². The van der Waals surface area contributed by atoms with Crippen LogP contribution >= 0.6 is 23.1 Å². The summed E-state index contributed by atoms with van der Waals surface area (Å²) in [5.41, 5.74) is 1.46. The summed E-state index contributed by atoms with van der Waals surface area (Å²) >= 11 is 2.80. The summed E-state index contributed by atoms with van der Waals surface area (Å²) in [6.45, 7) is -0.0679. The number of thioether (sulfide) groups is 1. The van der Waals surface area contributed by atoms with Crippen molar-refractivity contribution < 1.29 is 9.53 Å². The maximum Gasteiger partial charge on any atom is 0.341 e. The normalized spacial score (nSPS) is 11.1. The van der Waals surface area contributed by atoms with Gasteiger partial charge in [0.2, 0.25) is 0 Å². The number of para-hydroxylation sites is 1. The molecular weight excluding hydrogens is 370 g/mol. The van der Waals surface area contributed by atoms with Crippen molar-refractivity contribution in [3.8, 4) is 0 Å². The molecule has 0 saturated heterocycles. The molecule has 1 aromatic carbocycles. The SMILES string of the molecule is CSc1ncccc1C(=O)OCc1cc(=O)n2c(n1)sc1ccccc12. The number of benzene rings is 1. The maximum atomic E-state index is 12.5.